The maximum atomic E-state index is 13.6. The number of halogens is 2. The van der Waals surface area contributed by atoms with Gasteiger partial charge in [0.2, 0.25) is 5.91 Å². The Balaban J connectivity index is 2.57. The number of amides is 1. The second-order valence-corrected chi connectivity index (χ2v) is 5.24. The Morgan fingerprint density at radius 2 is 2.00 bits per heavy atom. The minimum Gasteiger partial charge on any atom is -0.481 e. The van der Waals surface area contributed by atoms with Crippen LogP contribution in [0.3, 0.4) is 0 Å². The number of likely N-dealkylation sites (N-methyl/N-ethyl adjacent to an activating group) is 2. The molecule has 1 amide bonds. The molecule has 0 heterocycles. The summed E-state index contributed by atoms with van der Waals surface area (Å²) in [6.45, 7) is 0.405. The highest BCUT2D eigenvalue weighted by molar-refractivity contribution is 6.31. The number of carbonyl (C=O) groups excluding carboxylic acids is 1. The zero-order valence-electron chi connectivity index (χ0n) is 12.0. The van der Waals surface area contributed by atoms with Gasteiger partial charge in [0, 0.05) is 30.7 Å². The summed E-state index contributed by atoms with van der Waals surface area (Å²) in [6, 6.07) is 4.36. The van der Waals surface area contributed by atoms with Crippen LogP contribution in [0.1, 0.15) is 12.0 Å². The summed E-state index contributed by atoms with van der Waals surface area (Å²) in [5.74, 6) is -1.61. The maximum Gasteiger partial charge on any atom is 0.304 e. The third-order valence-electron chi connectivity index (χ3n) is 3.00. The molecule has 0 fully saturated rings. The van der Waals surface area contributed by atoms with E-state index in [1.165, 1.54) is 17.0 Å². The molecule has 0 aromatic heterocycles. The average Bonchev–Trinajstić information content (AvgIpc) is 2.40. The predicted octanol–water partition coefficient (Wildman–Crippen LogP) is 1.84. The molecule has 1 rings (SSSR count). The fourth-order valence-corrected chi connectivity index (χ4v) is 1.95. The van der Waals surface area contributed by atoms with E-state index in [1.807, 2.05) is 0 Å². The largest absolute Gasteiger partial charge is 0.481 e. The van der Waals surface area contributed by atoms with Gasteiger partial charge in [0.05, 0.1) is 13.0 Å². The average molecular weight is 317 g/mol. The van der Waals surface area contributed by atoms with Crippen molar-refractivity contribution in [2.45, 2.75) is 13.0 Å². The van der Waals surface area contributed by atoms with Crippen LogP contribution >= 0.6 is 11.6 Å². The Morgan fingerprint density at radius 3 is 2.57 bits per heavy atom. The number of nitrogens with zero attached hydrogens (tertiary/aromatic N) is 2. The molecule has 0 radical (unpaired) electrons. The number of hydrogen-bond donors (Lipinski definition) is 1. The minimum atomic E-state index is -0.916. The van der Waals surface area contributed by atoms with E-state index in [9.17, 15) is 14.0 Å². The van der Waals surface area contributed by atoms with E-state index in [2.05, 4.69) is 0 Å². The van der Waals surface area contributed by atoms with Crippen molar-refractivity contribution in [2.24, 2.45) is 0 Å². The van der Waals surface area contributed by atoms with Gasteiger partial charge in [-0.3, -0.25) is 14.5 Å². The molecule has 5 nitrogen and oxygen atoms in total. The SMILES string of the molecule is CN(CCC(=O)O)CC(=O)N(C)Cc1c(F)cccc1Cl. The van der Waals surface area contributed by atoms with Crippen molar-refractivity contribution in [3.05, 3.63) is 34.6 Å². The first-order valence-electron chi connectivity index (χ1n) is 6.38. The molecular formula is C14H18ClFN2O3. The second kappa shape index (κ2) is 7.95. The van der Waals surface area contributed by atoms with Crippen molar-refractivity contribution in [1.82, 2.24) is 9.80 Å². The molecule has 7 heteroatoms. The predicted molar refractivity (Wildman–Crippen MR) is 77.6 cm³/mol. The number of benzene rings is 1. The molecule has 0 unspecified atom stereocenters. The molecule has 0 bridgehead atoms. The highest BCUT2D eigenvalue weighted by Gasteiger charge is 2.16. The van der Waals surface area contributed by atoms with E-state index in [1.54, 1.807) is 25.1 Å². The quantitative estimate of drug-likeness (QED) is 0.834. The number of hydrogen-bond acceptors (Lipinski definition) is 3. The Morgan fingerprint density at radius 1 is 1.33 bits per heavy atom. The topological polar surface area (TPSA) is 60.9 Å². The highest BCUT2D eigenvalue weighted by Crippen LogP contribution is 2.20. The van der Waals surface area contributed by atoms with Crippen LogP contribution in [0, 0.1) is 5.82 Å². The molecule has 0 aliphatic heterocycles. The lowest BCUT2D eigenvalue weighted by atomic mass is 10.2. The molecule has 1 aromatic carbocycles. The highest BCUT2D eigenvalue weighted by atomic mass is 35.5. The Kier molecular flexibility index (Phi) is 6.58. The van der Waals surface area contributed by atoms with Gasteiger partial charge in [0.1, 0.15) is 5.82 Å². The van der Waals surface area contributed by atoms with Crippen molar-refractivity contribution in [3.63, 3.8) is 0 Å². The van der Waals surface area contributed by atoms with E-state index in [-0.39, 0.29) is 42.5 Å². The zero-order chi connectivity index (χ0) is 16.0. The third kappa shape index (κ3) is 5.69. The molecule has 0 spiro atoms. The van der Waals surface area contributed by atoms with E-state index in [4.69, 9.17) is 16.7 Å². The molecule has 0 aliphatic rings. The van der Waals surface area contributed by atoms with E-state index in [0.29, 0.717) is 0 Å². The lowest BCUT2D eigenvalue weighted by Crippen LogP contribution is -2.37. The standard InChI is InChI=1S/C14H18ClFN2O3/c1-17(7-6-14(20)21)9-13(19)18(2)8-10-11(15)4-3-5-12(10)16/h3-5H,6-9H2,1-2H3,(H,20,21). The van der Waals surface area contributed by atoms with Crippen LogP contribution in [0.4, 0.5) is 4.39 Å². The molecule has 0 saturated heterocycles. The van der Waals surface area contributed by atoms with Crippen LogP contribution in [0.25, 0.3) is 0 Å². The van der Waals surface area contributed by atoms with Crippen molar-refractivity contribution < 1.29 is 19.1 Å². The Bertz CT molecular complexity index is 505. The summed E-state index contributed by atoms with van der Waals surface area (Å²) >= 11 is 5.91. The number of carboxylic acids is 1. The molecule has 1 N–H and O–H groups in total. The fourth-order valence-electron chi connectivity index (χ4n) is 1.73. The van der Waals surface area contributed by atoms with Crippen molar-refractivity contribution >= 4 is 23.5 Å². The van der Waals surface area contributed by atoms with Crippen LogP contribution in [-0.2, 0) is 16.1 Å². The molecule has 0 atom stereocenters. The first-order valence-corrected chi connectivity index (χ1v) is 6.76. The van der Waals surface area contributed by atoms with Gasteiger partial charge in [0.15, 0.2) is 0 Å². The zero-order valence-corrected chi connectivity index (χ0v) is 12.7. The normalized spacial score (nSPS) is 10.7. The van der Waals surface area contributed by atoms with Gasteiger partial charge in [-0.2, -0.15) is 0 Å². The van der Waals surface area contributed by atoms with Crippen molar-refractivity contribution in [1.29, 1.82) is 0 Å². The van der Waals surface area contributed by atoms with E-state index >= 15 is 0 Å². The van der Waals surface area contributed by atoms with Gasteiger partial charge in [-0.25, -0.2) is 4.39 Å². The van der Waals surface area contributed by atoms with Crippen LogP contribution in [0.2, 0.25) is 5.02 Å². The number of rotatable bonds is 7. The second-order valence-electron chi connectivity index (χ2n) is 4.83. The van der Waals surface area contributed by atoms with Gasteiger partial charge < -0.3 is 10.0 Å². The molecule has 1 aromatic rings. The van der Waals surface area contributed by atoms with Crippen molar-refractivity contribution in [3.8, 4) is 0 Å². The van der Waals surface area contributed by atoms with Gasteiger partial charge in [-0.15, -0.1) is 0 Å². The molecule has 0 aliphatic carbocycles. The molecular weight excluding hydrogens is 299 g/mol. The summed E-state index contributed by atoms with van der Waals surface area (Å²) < 4.78 is 13.6. The third-order valence-corrected chi connectivity index (χ3v) is 3.35. The number of carboxylic acid groups (broad SMARTS) is 1. The van der Waals surface area contributed by atoms with Gasteiger partial charge in [-0.05, 0) is 19.2 Å². The number of carbonyl (C=O) groups is 2. The van der Waals surface area contributed by atoms with Crippen LogP contribution in [0.15, 0.2) is 18.2 Å². The summed E-state index contributed by atoms with van der Waals surface area (Å²) in [7, 11) is 3.21. The summed E-state index contributed by atoms with van der Waals surface area (Å²) in [6.07, 6.45) is -0.0351. The number of aliphatic carboxylic acids is 1. The first-order chi connectivity index (χ1) is 9.81. The maximum absolute atomic E-state index is 13.6. The lowest BCUT2D eigenvalue weighted by molar-refractivity contribution is -0.138. The van der Waals surface area contributed by atoms with E-state index in [0.717, 1.165) is 0 Å². The van der Waals surface area contributed by atoms with Crippen molar-refractivity contribution in [2.75, 3.05) is 27.2 Å². The lowest BCUT2D eigenvalue weighted by Gasteiger charge is -2.22. The molecule has 21 heavy (non-hydrogen) atoms. The minimum absolute atomic E-state index is 0.0351. The van der Waals surface area contributed by atoms with Crippen LogP contribution in [0.5, 0.6) is 0 Å². The Labute approximate surface area is 127 Å². The van der Waals surface area contributed by atoms with Gasteiger partial charge in [0.25, 0.3) is 0 Å². The van der Waals surface area contributed by atoms with Crippen LogP contribution in [-0.4, -0.2) is 54.0 Å². The van der Waals surface area contributed by atoms with Crippen LogP contribution < -0.4 is 0 Å². The Hall–Kier alpha value is -1.66. The fraction of sp³-hybridized carbons (Fsp3) is 0.429. The van der Waals surface area contributed by atoms with E-state index < -0.39 is 11.8 Å². The monoisotopic (exact) mass is 316 g/mol. The van der Waals surface area contributed by atoms with Gasteiger partial charge in [-0.1, -0.05) is 17.7 Å². The van der Waals surface area contributed by atoms with Gasteiger partial charge >= 0.3 is 5.97 Å². The summed E-state index contributed by atoms with van der Waals surface area (Å²) in [5.41, 5.74) is 0.267. The smallest absolute Gasteiger partial charge is 0.304 e. The summed E-state index contributed by atoms with van der Waals surface area (Å²) in [5, 5.41) is 8.86. The molecule has 0 saturated carbocycles. The molecule has 116 valence electrons. The first kappa shape index (κ1) is 17.4. The summed E-state index contributed by atoms with van der Waals surface area (Å²) in [4.78, 5) is 25.4.